The zero-order chi connectivity index (χ0) is 12.3. The number of amides is 1. The molecule has 0 atom stereocenters. The third-order valence-electron chi connectivity index (χ3n) is 2.24. The highest BCUT2D eigenvalue weighted by atomic mass is 16.6. The number of quaternary nitrogens is 1. The first-order valence-corrected chi connectivity index (χ1v) is 5.17. The van der Waals surface area contributed by atoms with E-state index < -0.39 is 6.09 Å². The van der Waals surface area contributed by atoms with Gasteiger partial charge in [-0.05, 0) is 18.6 Å². The average Bonchev–Trinajstić information content (AvgIpc) is 2.19. The van der Waals surface area contributed by atoms with E-state index in [1.54, 1.807) is 7.05 Å². The molecule has 0 fully saturated rings. The van der Waals surface area contributed by atoms with E-state index in [1.165, 1.54) is 0 Å². The first-order chi connectivity index (χ1) is 7.34. The van der Waals surface area contributed by atoms with Gasteiger partial charge in [0.05, 0.1) is 21.1 Å². The van der Waals surface area contributed by atoms with E-state index in [0.29, 0.717) is 10.2 Å². The number of nitrogens with one attached hydrogen (secondary N) is 1. The molecule has 1 aromatic carbocycles. The van der Waals surface area contributed by atoms with Crippen LogP contribution >= 0.6 is 0 Å². The van der Waals surface area contributed by atoms with E-state index >= 15 is 0 Å². The first kappa shape index (κ1) is 12.5. The molecule has 4 heteroatoms. The average molecular weight is 223 g/mol. The number of rotatable bonds is 2. The minimum atomic E-state index is -0.446. The van der Waals surface area contributed by atoms with Crippen LogP contribution in [0.25, 0.3) is 0 Å². The van der Waals surface area contributed by atoms with Gasteiger partial charge in [-0.15, -0.1) is 0 Å². The molecule has 4 nitrogen and oxygen atoms in total. The molecule has 0 aliphatic carbocycles. The molecular weight excluding hydrogens is 204 g/mol. The molecule has 0 bridgehead atoms. The maximum atomic E-state index is 11.2. The Labute approximate surface area is 96.4 Å². The number of carbonyl (C=O) groups is 1. The van der Waals surface area contributed by atoms with Crippen molar-refractivity contribution in [2.45, 2.75) is 6.92 Å². The lowest BCUT2D eigenvalue weighted by molar-refractivity contribution is 0.202. The Morgan fingerprint density at radius 1 is 1.31 bits per heavy atom. The van der Waals surface area contributed by atoms with Gasteiger partial charge in [-0.3, -0.25) is 4.48 Å². The number of hydrogen-bond donors (Lipinski definition) is 1. The van der Waals surface area contributed by atoms with Crippen molar-refractivity contribution in [1.82, 2.24) is 9.80 Å². The molecule has 1 N–H and O–H groups in total. The molecule has 88 valence electrons. The Morgan fingerprint density at radius 2 is 1.94 bits per heavy atom. The minimum absolute atomic E-state index is 0.446. The van der Waals surface area contributed by atoms with E-state index in [2.05, 4.69) is 5.32 Å². The molecule has 1 amide bonds. The zero-order valence-corrected chi connectivity index (χ0v) is 10.5. The quantitative estimate of drug-likeness (QED) is 0.778. The number of carbonyl (C=O) groups excluding carboxylic acids is 1. The monoisotopic (exact) mass is 223 g/mol. The van der Waals surface area contributed by atoms with Gasteiger partial charge in [0.25, 0.3) is 0 Å². The summed E-state index contributed by atoms with van der Waals surface area (Å²) < 4.78 is 5.82. The van der Waals surface area contributed by atoms with E-state index in [4.69, 9.17) is 4.74 Å². The van der Waals surface area contributed by atoms with Gasteiger partial charge in [0, 0.05) is 13.1 Å². The summed E-state index contributed by atoms with van der Waals surface area (Å²) in [6.45, 7) is 2.02. The van der Waals surface area contributed by atoms with E-state index in [0.717, 1.165) is 11.3 Å². The Kier molecular flexibility index (Phi) is 3.55. The molecule has 1 rings (SSSR count). The van der Waals surface area contributed by atoms with Gasteiger partial charge in [-0.2, -0.15) is 0 Å². The third-order valence-corrected chi connectivity index (χ3v) is 2.24. The predicted octanol–water partition coefficient (Wildman–Crippen LogP) is 1.91. The Bertz CT molecular complexity index is 394. The van der Waals surface area contributed by atoms with E-state index in [1.807, 2.05) is 46.3 Å². The van der Waals surface area contributed by atoms with Crippen LogP contribution in [0.3, 0.4) is 0 Å². The fourth-order valence-electron chi connectivity index (χ4n) is 1.39. The van der Waals surface area contributed by atoms with Gasteiger partial charge < -0.3 is 10.1 Å². The second-order valence-corrected chi connectivity index (χ2v) is 4.62. The maximum absolute atomic E-state index is 11.2. The Hall–Kier alpha value is -1.55. The van der Waals surface area contributed by atoms with Crippen LogP contribution in [0.5, 0.6) is 5.75 Å². The summed E-state index contributed by atoms with van der Waals surface area (Å²) in [5, 5.41) is 2.44. The molecule has 0 saturated heterocycles. The van der Waals surface area contributed by atoms with Gasteiger partial charge in [-0.25, -0.2) is 4.79 Å². The summed E-state index contributed by atoms with van der Waals surface area (Å²) in [7, 11) is 7.64. The molecule has 1 aromatic rings. The molecule has 0 spiro atoms. The van der Waals surface area contributed by atoms with Gasteiger partial charge in [0.2, 0.25) is 0 Å². The van der Waals surface area contributed by atoms with Crippen molar-refractivity contribution in [3.63, 3.8) is 0 Å². The highest BCUT2D eigenvalue weighted by Crippen LogP contribution is 2.31. The molecule has 0 aliphatic rings. The van der Waals surface area contributed by atoms with Crippen LogP contribution in [0.15, 0.2) is 18.2 Å². The molecule has 0 unspecified atom stereocenters. The van der Waals surface area contributed by atoms with Crippen molar-refractivity contribution in [3.8, 4) is 5.75 Å². The van der Waals surface area contributed by atoms with Crippen molar-refractivity contribution in [2.24, 2.45) is 0 Å². The fraction of sp³-hybridized carbons (Fsp3) is 0.417. The van der Waals surface area contributed by atoms with Crippen molar-refractivity contribution >= 4 is 11.8 Å². The van der Waals surface area contributed by atoms with Crippen LogP contribution in [0.4, 0.5) is 10.5 Å². The van der Waals surface area contributed by atoms with Crippen molar-refractivity contribution in [1.29, 1.82) is 0 Å². The maximum Gasteiger partial charge on any atom is 0.412 e. The van der Waals surface area contributed by atoms with Crippen LogP contribution in [0.1, 0.15) is 5.56 Å². The molecule has 0 saturated carbocycles. The zero-order valence-electron chi connectivity index (χ0n) is 10.5. The summed E-state index contributed by atoms with van der Waals surface area (Å²) >= 11 is 0. The lowest BCUT2D eigenvalue weighted by atomic mass is 10.2. The normalized spacial score (nSPS) is 11.1. The van der Waals surface area contributed by atoms with Gasteiger partial charge in [-0.1, -0.05) is 6.07 Å². The predicted molar refractivity (Wildman–Crippen MR) is 65.8 cm³/mol. The summed E-state index contributed by atoms with van der Waals surface area (Å²) in [5.41, 5.74) is 2.12. The molecule has 0 aliphatic heterocycles. The first-order valence-electron chi connectivity index (χ1n) is 5.17. The van der Waals surface area contributed by atoms with Crippen LogP contribution in [0.2, 0.25) is 0 Å². The number of nitrogens with zero attached hydrogens (tertiary/aromatic N) is 1. The number of hydrogen-bond acceptors (Lipinski definition) is 2. The van der Waals surface area contributed by atoms with Crippen molar-refractivity contribution in [3.05, 3.63) is 23.8 Å². The Balaban J connectivity index is 3.13. The lowest BCUT2D eigenvalue weighted by Gasteiger charge is -2.25. The van der Waals surface area contributed by atoms with Crippen LogP contribution in [0, 0.1) is 6.92 Å². The van der Waals surface area contributed by atoms with E-state index in [-0.39, 0.29) is 0 Å². The highest BCUT2D eigenvalue weighted by molar-refractivity contribution is 5.73. The minimum Gasteiger partial charge on any atom is -0.404 e. The molecule has 0 aromatic heterocycles. The molecular formula is C12H19N2O2+. The summed E-state index contributed by atoms with van der Waals surface area (Å²) in [5.74, 6) is 0.595. The van der Waals surface area contributed by atoms with E-state index in [9.17, 15) is 4.79 Å². The number of ether oxygens (including phenoxy) is 1. The molecule has 0 radical (unpaired) electrons. The highest BCUT2D eigenvalue weighted by Gasteiger charge is 2.20. The number of benzene rings is 1. The smallest absolute Gasteiger partial charge is 0.404 e. The van der Waals surface area contributed by atoms with Crippen LogP contribution < -0.4 is 14.5 Å². The second-order valence-electron chi connectivity index (χ2n) is 4.62. The summed E-state index contributed by atoms with van der Waals surface area (Å²) in [6.07, 6.45) is -0.446. The van der Waals surface area contributed by atoms with Crippen molar-refractivity contribution < 1.29 is 9.53 Å². The van der Waals surface area contributed by atoms with Gasteiger partial charge in [0.1, 0.15) is 0 Å². The van der Waals surface area contributed by atoms with Crippen LogP contribution in [-0.4, -0.2) is 34.3 Å². The van der Waals surface area contributed by atoms with Crippen molar-refractivity contribution in [2.75, 3.05) is 28.2 Å². The lowest BCUT2D eigenvalue weighted by Crippen LogP contribution is -2.36. The standard InChI is InChI=1S/C12H18N2O2/c1-9-6-7-11(16-12(15)13-2)10(8-9)14(3,4)5/h6-8H,1-5H3/p+1. The van der Waals surface area contributed by atoms with Gasteiger partial charge in [0.15, 0.2) is 11.4 Å². The fourth-order valence-corrected chi connectivity index (χ4v) is 1.39. The summed E-state index contributed by atoms with van der Waals surface area (Å²) in [6, 6.07) is 5.78. The third kappa shape index (κ3) is 2.97. The largest absolute Gasteiger partial charge is 0.412 e. The SMILES string of the molecule is CNC(=O)Oc1ccc(C)cc1[N+](C)(C)C. The number of aryl methyl sites for hydroxylation is 1. The second kappa shape index (κ2) is 4.53. The molecule has 16 heavy (non-hydrogen) atoms. The Morgan fingerprint density at radius 3 is 2.44 bits per heavy atom. The topological polar surface area (TPSA) is 38.3 Å². The molecule has 0 heterocycles. The van der Waals surface area contributed by atoms with Gasteiger partial charge >= 0.3 is 6.09 Å². The van der Waals surface area contributed by atoms with Crippen LogP contribution in [-0.2, 0) is 0 Å². The summed E-state index contributed by atoms with van der Waals surface area (Å²) in [4.78, 5) is 11.2.